The number of aldehydes is 1. The molecule has 0 aromatic heterocycles. The highest BCUT2D eigenvalue weighted by molar-refractivity contribution is 5.68. The van der Waals surface area contributed by atoms with Crippen LogP contribution in [0.2, 0.25) is 0 Å². The molecule has 0 bridgehead atoms. The second-order valence-electron chi connectivity index (χ2n) is 3.40. The number of carbonyl (C=O) groups is 1. The van der Waals surface area contributed by atoms with Crippen molar-refractivity contribution in [3.05, 3.63) is 42.1 Å². The third-order valence-electron chi connectivity index (χ3n) is 1.93. The number of allylic oxidation sites excluding steroid dienone is 2. The predicted molar refractivity (Wildman–Crippen MR) is 59.0 cm³/mol. The van der Waals surface area contributed by atoms with Crippen molar-refractivity contribution in [2.75, 3.05) is 5.32 Å². The fraction of sp³-hybridized carbons (Fsp3) is 0.250. The van der Waals surface area contributed by atoms with Gasteiger partial charge in [0, 0.05) is 11.4 Å². The Balaban J connectivity index is 2.75. The lowest BCUT2D eigenvalue weighted by Crippen LogP contribution is -2.06. The molecule has 1 aromatic rings. The summed E-state index contributed by atoms with van der Waals surface area (Å²) in [6.45, 7) is 4.09. The minimum Gasteiger partial charge on any atom is -0.359 e. The van der Waals surface area contributed by atoms with Crippen molar-refractivity contribution in [2.45, 2.75) is 13.8 Å². The molecule has 0 saturated heterocycles. The zero-order valence-electron chi connectivity index (χ0n) is 8.53. The smallest absolute Gasteiger partial charge is 0.144 e. The molecule has 2 heteroatoms. The summed E-state index contributed by atoms with van der Waals surface area (Å²) in [5, 5.41) is 3.21. The van der Waals surface area contributed by atoms with Crippen LogP contribution < -0.4 is 5.32 Å². The van der Waals surface area contributed by atoms with Crippen LogP contribution >= 0.6 is 0 Å². The van der Waals surface area contributed by atoms with Crippen LogP contribution in [0.3, 0.4) is 0 Å². The lowest BCUT2D eigenvalue weighted by molar-refractivity contribution is -0.104. The van der Waals surface area contributed by atoms with E-state index in [1.54, 1.807) is 6.08 Å². The average molecular weight is 189 g/mol. The van der Waals surface area contributed by atoms with E-state index in [0.29, 0.717) is 5.92 Å². The number of para-hydroxylation sites is 1. The Bertz CT molecular complexity index is 314. The molecule has 0 aliphatic rings. The summed E-state index contributed by atoms with van der Waals surface area (Å²) in [4.78, 5) is 10.4. The summed E-state index contributed by atoms with van der Waals surface area (Å²) in [6, 6.07) is 9.83. The zero-order valence-corrected chi connectivity index (χ0v) is 8.53. The highest BCUT2D eigenvalue weighted by Crippen LogP contribution is 2.14. The third-order valence-corrected chi connectivity index (χ3v) is 1.93. The Morgan fingerprint density at radius 2 is 1.93 bits per heavy atom. The van der Waals surface area contributed by atoms with Gasteiger partial charge in [-0.15, -0.1) is 0 Å². The summed E-state index contributed by atoms with van der Waals surface area (Å²) in [7, 11) is 0. The monoisotopic (exact) mass is 189 g/mol. The molecule has 74 valence electrons. The lowest BCUT2D eigenvalue weighted by atomic mass is 10.1. The van der Waals surface area contributed by atoms with Crippen LogP contribution in [0.5, 0.6) is 0 Å². The molecule has 0 radical (unpaired) electrons. The van der Waals surface area contributed by atoms with Gasteiger partial charge in [-0.1, -0.05) is 32.0 Å². The van der Waals surface area contributed by atoms with Gasteiger partial charge >= 0.3 is 0 Å². The van der Waals surface area contributed by atoms with E-state index in [1.807, 2.05) is 44.2 Å². The van der Waals surface area contributed by atoms with Crippen molar-refractivity contribution < 1.29 is 4.79 Å². The van der Waals surface area contributed by atoms with E-state index in [9.17, 15) is 4.79 Å². The lowest BCUT2D eigenvalue weighted by Gasteiger charge is -2.13. The van der Waals surface area contributed by atoms with Crippen LogP contribution in [0, 0.1) is 5.92 Å². The zero-order chi connectivity index (χ0) is 10.4. The molecule has 2 nitrogen and oxygen atoms in total. The molecular weight excluding hydrogens is 174 g/mol. The van der Waals surface area contributed by atoms with Gasteiger partial charge in [-0.2, -0.15) is 0 Å². The second-order valence-corrected chi connectivity index (χ2v) is 3.40. The van der Waals surface area contributed by atoms with Crippen LogP contribution in [0.25, 0.3) is 0 Å². The van der Waals surface area contributed by atoms with Crippen LogP contribution in [0.15, 0.2) is 42.1 Å². The molecule has 0 heterocycles. The van der Waals surface area contributed by atoms with E-state index >= 15 is 0 Å². The topological polar surface area (TPSA) is 29.1 Å². The SMILES string of the molecule is CC(C)/C(=C\C=O)Nc1ccccc1. The molecule has 0 saturated carbocycles. The number of benzene rings is 1. The number of hydrogen-bond donors (Lipinski definition) is 1. The van der Waals surface area contributed by atoms with Crippen molar-refractivity contribution in [3.63, 3.8) is 0 Å². The molecular formula is C12H15NO. The van der Waals surface area contributed by atoms with Crippen molar-refractivity contribution in [3.8, 4) is 0 Å². The molecule has 0 aliphatic heterocycles. The van der Waals surface area contributed by atoms with Gasteiger partial charge in [0.25, 0.3) is 0 Å². The average Bonchev–Trinajstić information content (AvgIpc) is 2.18. The summed E-state index contributed by atoms with van der Waals surface area (Å²) in [6.07, 6.45) is 2.38. The maximum absolute atomic E-state index is 10.4. The number of hydrogen-bond acceptors (Lipinski definition) is 2. The minimum atomic E-state index is 0.320. The summed E-state index contributed by atoms with van der Waals surface area (Å²) in [5.41, 5.74) is 1.94. The Morgan fingerprint density at radius 3 is 2.43 bits per heavy atom. The van der Waals surface area contributed by atoms with Crippen molar-refractivity contribution in [1.29, 1.82) is 0 Å². The fourth-order valence-electron chi connectivity index (χ4n) is 1.14. The van der Waals surface area contributed by atoms with Crippen LogP contribution in [-0.4, -0.2) is 6.29 Å². The summed E-state index contributed by atoms with van der Waals surface area (Å²) in [5.74, 6) is 0.320. The first-order chi connectivity index (χ1) is 6.74. The van der Waals surface area contributed by atoms with Crippen LogP contribution in [0.4, 0.5) is 5.69 Å². The molecule has 0 fully saturated rings. The molecule has 1 N–H and O–H groups in total. The molecule has 0 spiro atoms. The Morgan fingerprint density at radius 1 is 1.29 bits per heavy atom. The largest absolute Gasteiger partial charge is 0.359 e. The van der Waals surface area contributed by atoms with Gasteiger partial charge < -0.3 is 5.32 Å². The molecule has 1 aromatic carbocycles. The van der Waals surface area contributed by atoms with Gasteiger partial charge in [-0.25, -0.2) is 0 Å². The Hall–Kier alpha value is -1.57. The first kappa shape index (κ1) is 10.5. The first-order valence-electron chi connectivity index (χ1n) is 4.71. The molecule has 0 amide bonds. The standard InChI is InChI=1S/C12H15NO/c1-10(2)12(8-9-14)13-11-6-4-3-5-7-11/h3-10,13H,1-2H3/b12-8+. The normalized spacial score (nSPS) is 11.5. The van der Waals surface area contributed by atoms with Crippen molar-refractivity contribution >= 4 is 12.0 Å². The number of rotatable bonds is 4. The van der Waals surface area contributed by atoms with Gasteiger partial charge in [-0.05, 0) is 24.1 Å². The van der Waals surface area contributed by atoms with E-state index in [2.05, 4.69) is 5.32 Å². The number of carbonyl (C=O) groups excluding carboxylic acids is 1. The Labute approximate surface area is 84.6 Å². The molecule has 14 heavy (non-hydrogen) atoms. The third kappa shape index (κ3) is 3.05. The van der Waals surface area contributed by atoms with Crippen LogP contribution in [0.1, 0.15) is 13.8 Å². The van der Waals surface area contributed by atoms with Crippen molar-refractivity contribution in [1.82, 2.24) is 0 Å². The van der Waals surface area contributed by atoms with Gasteiger partial charge in [-0.3, -0.25) is 4.79 Å². The van der Waals surface area contributed by atoms with Crippen molar-refractivity contribution in [2.24, 2.45) is 5.92 Å². The van der Waals surface area contributed by atoms with Crippen LogP contribution in [-0.2, 0) is 4.79 Å². The van der Waals surface area contributed by atoms with E-state index < -0.39 is 0 Å². The summed E-state index contributed by atoms with van der Waals surface area (Å²) < 4.78 is 0. The molecule has 0 unspecified atom stereocenters. The van der Waals surface area contributed by atoms with Gasteiger partial charge in [0.2, 0.25) is 0 Å². The van der Waals surface area contributed by atoms with Gasteiger partial charge in [0.1, 0.15) is 6.29 Å². The van der Waals surface area contributed by atoms with E-state index in [-0.39, 0.29) is 0 Å². The van der Waals surface area contributed by atoms with Gasteiger partial charge in [0.05, 0.1) is 0 Å². The fourth-order valence-corrected chi connectivity index (χ4v) is 1.14. The molecule has 1 rings (SSSR count). The first-order valence-corrected chi connectivity index (χ1v) is 4.71. The number of nitrogens with one attached hydrogen (secondary N) is 1. The second kappa shape index (κ2) is 5.22. The molecule has 0 aliphatic carbocycles. The highest BCUT2D eigenvalue weighted by Gasteiger charge is 2.02. The van der Waals surface area contributed by atoms with Gasteiger partial charge in [0.15, 0.2) is 0 Å². The minimum absolute atomic E-state index is 0.320. The van der Waals surface area contributed by atoms with E-state index in [1.165, 1.54) is 0 Å². The quantitative estimate of drug-likeness (QED) is 0.583. The molecule has 0 atom stereocenters. The van der Waals surface area contributed by atoms with E-state index in [0.717, 1.165) is 17.7 Å². The highest BCUT2D eigenvalue weighted by atomic mass is 16.1. The Kier molecular flexibility index (Phi) is 3.92. The predicted octanol–water partition coefficient (Wildman–Crippen LogP) is 2.84. The maximum atomic E-state index is 10.4. The maximum Gasteiger partial charge on any atom is 0.144 e. The number of anilines is 1. The summed E-state index contributed by atoms with van der Waals surface area (Å²) >= 11 is 0. The van der Waals surface area contributed by atoms with E-state index in [4.69, 9.17) is 0 Å².